The summed E-state index contributed by atoms with van der Waals surface area (Å²) in [6.07, 6.45) is 4.05. The van der Waals surface area contributed by atoms with Crippen LogP contribution in [0.4, 0.5) is 17.1 Å². The van der Waals surface area contributed by atoms with Gasteiger partial charge in [-0.2, -0.15) is 0 Å². The van der Waals surface area contributed by atoms with Gasteiger partial charge in [0.25, 0.3) is 0 Å². The summed E-state index contributed by atoms with van der Waals surface area (Å²) in [5.41, 5.74) is 3.94. The third-order valence-corrected chi connectivity index (χ3v) is 7.16. The second-order valence-corrected chi connectivity index (χ2v) is 8.80. The molecule has 6 rings (SSSR count). The second-order valence-electron chi connectivity index (χ2n) is 8.80. The highest BCUT2D eigenvalue weighted by molar-refractivity contribution is 6.04. The fraction of sp³-hybridized carbons (Fsp3) is 0.600. The molecule has 5 aliphatic rings. The number of anilines is 2. The highest BCUT2D eigenvalue weighted by atomic mass is 16.3. The molecule has 6 nitrogen and oxygen atoms in total. The molecule has 1 unspecified atom stereocenters. The Balaban J connectivity index is 1.59. The maximum absolute atomic E-state index is 13.3. The van der Waals surface area contributed by atoms with Crippen LogP contribution in [0, 0.1) is 15.7 Å². The first-order chi connectivity index (χ1) is 12.5. The number of nitroso groups, excluding NO2 is 1. The van der Waals surface area contributed by atoms with Gasteiger partial charge in [0.05, 0.1) is 11.1 Å². The van der Waals surface area contributed by atoms with Crippen molar-refractivity contribution in [3.63, 3.8) is 0 Å². The van der Waals surface area contributed by atoms with Crippen molar-refractivity contribution >= 4 is 29.3 Å². The molecule has 0 saturated heterocycles. The maximum atomic E-state index is 13.3. The van der Waals surface area contributed by atoms with Crippen LogP contribution in [0.5, 0.6) is 0 Å². The molecule has 3 saturated carbocycles. The molecule has 26 heavy (non-hydrogen) atoms. The number of benzene rings is 1. The summed E-state index contributed by atoms with van der Waals surface area (Å²) in [7, 11) is 0. The van der Waals surface area contributed by atoms with Crippen molar-refractivity contribution in [2.75, 3.05) is 23.3 Å². The summed E-state index contributed by atoms with van der Waals surface area (Å²) in [5.74, 6) is 0.727. The van der Waals surface area contributed by atoms with E-state index in [2.05, 4.69) is 24.3 Å². The van der Waals surface area contributed by atoms with Crippen molar-refractivity contribution < 1.29 is 9.59 Å². The zero-order chi connectivity index (χ0) is 18.3. The average molecular weight is 353 g/mol. The third-order valence-electron chi connectivity index (χ3n) is 7.16. The van der Waals surface area contributed by atoms with E-state index in [9.17, 15) is 14.5 Å². The van der Waals surface area contributed by atoms with Gasteiger partial charge in [-0.1, -0.05) is 13.8 Å². The third kappa shape index (κ3) is 1.72. The summed E-state index contributed by atoms with van der Waals surface area (Å²) < 4.78 is 0. The molecule has 1 amide bonds. The van der Waals surface area contributed by atoms with Crippen LogP contribution in [0.25, 0.3) is 0 Å². The van der Waals surface area contributed by atoms with E-state index >= 15 is 0 Å². The van der Waals surface area contributed by atoms with Gasteiger partial charge in [0.1, 0.15) is 12.0 Å². The van der Waals surface area contributed by atoms with Gasteiger partial charge in [-0.05, 0) is 48.1 Å². The van der Waals surface area contributed by atoms with Crippen molar-refractivity contribution in [2.45, 2.75) is 51.4 Å². The summed E-state index contributed by atoms with van der Waals surface area (Å²) >= 11 is 0. The van der Waals surface area contributed by atoms with E-state index in [-0.39, 0.29) is 22.7 Å². The number of hydrogen-bond donors (Lipinski definition) is 1. The molecule has 0 radical (unpaired) electrons. The van der Waals surface area contributed by atoms with Gasteiger partial charge >= 0.3 is 0 Å². The Bertz CT molecular complexity index is 843. The minimum atomic E-state index is -0.349. The Morgan fingerprint density at radius 2 is 2.12 bits per heavy atom. The zero-order valence-electron chi connectivity index (χ0n) is 15.2. The van der Waals surface area contributed by atoms with Gasteiger partial charge in [-0.3, -0.25) is 4.79 Å². The summed E-state index contributed by atoms with van der Waals surface area (Å²) in [6.45, 7) is 5.77. The minimum Gasteiger partial charge on any atom is -0.382 e. The van der Waals surface area contributed by atoms with Crippen molar-refractivity contribution in [1.29, 1.82) is 0 Å². The first kappa shape index (κ1) is 16.0. The second kappa shape index (κ2) is 4.93. The molecule has 1 N–H and O–H groups in total. The van der Waals surface area contributed by atoms with Crippen molar-refractivity contribution in [2.24, 2.45) is 16.0 Å². The molecule has 3 fully saturated rings. The number of amides is 1. The van der Waals surface area contributed by atoms with Crippen LogP contribution in [0.15, 0.2) is 11.2 Å². The van der Waals surface area contributed by atoms with Gasteiger partial charge in [0, 0.05) is 36.0 Å². The Morgan fingerprint density at radius 1 is 1.38 bits per heavy atom. The molecule has 1 aromatic rings. The largest absolute Gasteiger partial charge is 0.382 e. The van der Waals surface area contributed by atoms with Gasteiger partial charge in [-0.25, -0.2) is 0 Å². The zero-order valence-corrected chi connectivity index (χ0v) is 15.2. The standard InChI is InChI=1S/C20H23N3O3/c1-3-12-6-23(18(25)20-7-19(8-20,9-20)10-24)14-4-13(22-26)17-15(16(12)14)11(2)5-21-17/h4,10-12,21H,3,5-9H2,1-2H3/t11?,12-,19?,20?/m1/s1. The fourth-order valence-electron chi connectivity index (χ4n) is 5.91. The molecular formula is C20H23N3O3. The lowest BCUT2D eigenvalue weighted by Crippen LogP contribution is -2.68. The minimum absolute atomic E-state index is 0.133. The van der Waals surface area contributed by atoms with Crippen molar-refractivity contribution in [1.82, 2.24) is 0 Å². The maximum Gasteiger partial charge on any atom is 0.233 e. The number of fused-ring (bicyclic) bond motifs is 3. The number of hydrogen-bond acceptors (Lipinski definition) is 5. The topological polar surface area (TPSA) is 78.8 Å². The smallest absolute Gasteiger partial charge is 0.233 e. The van der Waals surface area contributed by atoms with Crippen LogP contribution < -0.4 is 10.2 Å². The molecule has 1 aromatic carbocycles. The van der Waals surface area contributed by atoms with E-state index in [1.165, 1.54) is 11.1 Å². The van der Waals surface area contributed by atoms with E-state index in [0.717, 1.165) is 30.6 Å². The van der Waals surface area contributed by atoms with Crippen LogP contribution in [0.1, 0.15) is 62.5 Å². The van der Waals surface area contributed by atoms with Crippen LogP contribution in [-0.2, 0) is 9.59 Å². The predicted molar refractivity (Wildman–Crippen MR) is 99.0 cm³/mol. The van der Waals surface area contributed by atoms with E-state index in [0.29, 0.717) is 37.4 Å². The number of nitrogens with zero attached hydrogens (tertiary/aromatic N) is 2. The number of aldehydes is 1. The van der Waals surface area contributed by atoms with Gasteiger partial charge < -0.3 is 15.0 Å². The summed E-state index contributed by atoms with van der Waals surface area (Å²) in [6, 6.07) is 1.79. The van der Waals surface area contributed by atoms with Crippen LogP contribution >= 0.6 is 0 Å². The molecule has 136 valence electrons. The fourth-order valence-corrected chi connectivity index (χ4v) is 5.91. The molecule has 0 spiro atoms. The van der Waals surface area contributed by atoms with Crippen molar-refractivity contribution in [3.8, 4) is 0 Å². The Hall–Kier alpha value is -2.24. The number of nitrogens with one attached hydrogen (secondary N) is 1. The molecule has 2 heterocycles. The average Bonchev–Trinajstić information content (AvgIpc) is 3.12. The van der Waals surface area contributed by atoms with E-state index in [1.54, 1.807) is 6.07 Å². The lowest BCUT2D eigenvalue weighted by atomic mass is 9.35. The Kier molecular flexibility index (Phi) is 3.03. The number of carbonyl (C=O) groups excluding carboxylic acids is 2. The van der Waals surface area contributed by atoms with Crippen LogP contribution in [0.3, 0.4) is 0 Å². The lowest BCUT2D eigenvalue weighted by molar-refractivity contribution is -0.197. The quantitative estimate of drug-likeness (QED) is 0.659. The van der Waals surface area contributed by atoms with Gasteiger partial charge in [0.2, 0.25) is 5.91 Å². The predicted octanol–water partition coefficient (Wildman–Crippen LogP) is 3.82. The summed E-state index contributed by atoms with van der Waals surface area (Å²) in [5, 5.41) is 6.56. The first-order valence-electron chi connectivity index (χ1n) is 9.54. The molecule has 2 bridgehead atoms. The molecule has 2 atom stereocenters. The number of carbonyl (C=O) groups is 2. The lowest BCUT2D eigenvalue weighted by Gasteiger charge is -2.67. The normalized spacial score (nSPS) is 35.7. The molecule has 6 heteroatoms. The van der Waals surface area contributed by atoms with Gasteiger partial charge in [-0.15, -0.1) is 4.91 Å². The number of rotatable bonds is 4. The Morgan fingerprint density at radius 3 is 2.73 bits per heavy atom. The monoisotopic (exact) mass is 353 g/mol. The van der Waals surface area contributed by atoms with E-state index in [4.69, 9.17) is 0 Å². The molecule has 0 aromatic heterocycles. The molecular weight excluding hydrogens is 330 g/mol. The molecule has 3 aliphatic carbocycles. The first-order valence-corrected chi connectivity index (χ1v) is 9.54. The SMILES string of the molecule is CC[C@@H]1CN(C(=O)C23CC(C=O)(C2)C3)c2cc(N=O)c3c(c21)C(C)CN3. The molecule has 2 aliphatic heterocycles. The van der Waals surface area contributed by atoms with Crippen LogP contribution in [0.2, 0.25) is 0 Å². The van der Waals surface area contributed by atoms with E-state index in [1.807, 2.05) is 4.90 Å². The van der Waals surface area contributed by atoms with Crippen LogP contribution in [-0.4, -0.2) is 25.3 Å². The van der Waals surface area contributed by atoms with Gasteiger partial charge in [0.15, 0.2) is 0 Å². The highest BCUT2D eigenvalue weighted by Gasteiger charge is 2.72. The van der Waals surface area contributed by atoms with Crippen molar-refractivity contribution in [3.05, 3.63) is 22.1 Å². The summed E-state index contributed by atoms with van der Waals surface area (Å²) in [4.78, 5) is 37.8. The highest BCUT2D eigenvalue weighted by Crippen LogP contribution is 2.73. The Labute approximate surface area is 152 Å². The van der Waals surface area contributed by atoms with E-state index < -0.39 is 0 Å².